The van der Waals surface area contributed by atoms with Gasteiger partial charge in [0.05, 0.1) is 17.6 Å². The second-order valence-corrected chi connectivity index (χ2v) is 9.11. The van der Waals surface area contributed by atoms with Crippen LogP contribution in [0.15, 0.2) is 51.8 Å². The Hall–Kier alpha value is -0.630. The van der Waals surface area contributed by atoms with E-state index in [-0.39, 0.29) is 11.4 Å². The van der Waals surface area contributed by atoms with Crippen LogP contribution in [-0.2, 0) is 14.8 Å². The molecule has 0 aliphatic carbocycles. The van der Waals surface area contributed by atoms with E-state index in [2.05, 4.69) is 15.9 Å². The third-order valence-electron chi connectivity index (χ3n) is 3.74. The van der Waals surface area contributed by atoms with Crippen LogP contribution >= 0.6 is 39.1 Å². The van der Waals surface area contributed by atoms with Gasteiger partial charge in [0.1, 0.15) is 0 Å². The first-order chi connectivity index (χ1) is 11.4. The van der Waals surface area contributed by atoms with Gasteiger partial charge in [0.2, 0.25) is 10.0 Å². The molecular formula is C16H14BrCl2NO3S. The van der Waals surface area contributed by atoms with E-state index in [9.17, 15) is 8.42 Å². The van der Waals surface area contributed by atoms with Crippen LogP contribution in [0.4, 0.5) is 0 Å². The highest BCUT2D eigenvalue weighted by molar-refractivity contribution is 9.10. The van der Waals surface area contributed by atoms with E-state index in [1.54, 1.807) is 42.5 Å². The molecule has 2 aromatic carbocycles. The van der Waals surface area contributed by atoms with Crippen LogP contribution in [0.2, 0.25) is 10.0 Å². The van der Waals surface area contributed by atoms with Crippen LogP contribution in [0, 0.1) is 0 Å². The van der Waals surface area contributed by atoms with Gasteiger partial charge in [0, 0.05) is 27.6 Å². The van der Waals surface area contributed by atoms with E-state index >= 15 is 0 Å². The molecule has 3 rings (SSSR count). The normalized spacial score (nSPS) is 19.4. The molecule has 0 radical (unpaired) electrons. The van der Waals surface area contributed by atoms with Gasteiger partial charge >= 0.3 is 0 Å². The lowest BCUT2D eigenvalue weighted by Crippen LogP contribution is -2.42. The summed E-state index contributed by atoms with van der Waals surface area (Å²) >= 11 is 15.4. The predicted octanol–water partition coefficient (Wildman–Crippen LogP) is 4.52. The van der Waals surface area contributed by atoms with Crippen LogP contribution in [0.5, 0.6) is 0 Å². The number of ether oxygens (including phenoxy) is 1. The van der Waals surface area contributed by atoms with Gasteiger partial charge in [-0.3, -0.25) is 0 Å². The second-order valence-electron chi connectivity index (χ2n) is 5.38. The molecule has 0 bridgehead atoms. The first-order valence-corrected chi connectivity index (χ1v) is 10.2. The van der Waals surface area contributed by atoms with Gasteiger partial charge in [-0.1, -0.05) is 39.1 Å². The summed E-state index contributed by atoms with van der Waals surface area (Å²) in [5, 5.41) is 0.989. The standard InChI is InChI=1S/C16H14BrCl2NO3S/c17-12-1-3-15(4-2-12)24(21,22)20-5-6-23-16(10-20)11-7-13(18)9-14(19)8-11/h1-4,7-9,16H,5-6,10H2. The van der Waals surface area contributed by atoms with Crippen molar-refractivity contribution in [3.63, 3.8) is 0 Å². The fourth-order valence-corrected chi connectivity index (χ4v) is 4.79. The highest BCUT2D eigenvalue weighted by Crippen LogP contribution is 2.30. The van der Waals surface area contributed by atoms with Crippen LogP contribution in [0.1, 0.15) is 11.7 Å². The molecule has 0 spiro atoms. The lowest BCUT2D eigenvalue weighted by atomic mass is 10.1. The van der Waals surface area contributed by atoms with E-state index in [4.69, 9.17) is 27.9 Å². The zero-order valence-electron chi connectivity index (χ0n) is 12.5. The number of sulfonamides is 1. The number of rotatable bonds is 3. The van der Waals surface area contributed by atoms with E-state index in [1.165, 1.54) is 4.31 Å². The van der Waals surface area contributed by atoms with Gasteiger partial charge < -0.3 is 4.74 Å². The van der Waals surface area contributed by atoms with Gasteiger partial charge in [-0.05, 0) is 48.0 Å². The predicted molar refractivity (Wildman–Crippen MR) is 98.1 cm³/mol. The zero-order chi connectivity index (χ0) is 17.3. The lowest BCUT2D eigenvalue weighted by molar-refractivity contribution is -0.00254. The fraction of sp³-hybridized carbons (Fsp3) is 0.250. The minimum absolute atomic E-state index is 0.217. The molecule has 0 saturated carbocycles. The topological polar surface area (TPSA) is 46.6 Å². The van der Waals surface area contributed by atoms with Crippen molar-refractivity contribution in [2.24, 2.45) is 0 Å². The number of hydrogen-bond donors (Lipinski definition) is 0. The summed E-state index contributed by atoms with van der Waals surface area (Å²) in [5.74, 6) is 0. The SMILES string of the molecule is O=S(=O)(c1ccc(Br)cc1)N1CCOC(c2cc(Cl)cc(Cl)c2)C1. The van der Waals surface area contributed by atoms with Crippen molar-refractivity contribution in [1.29, 1.82) is 0 Å². The summed E-state index contributed by atoms with van der Waals surface area (Å²) in [4.78, 5) is 0.260. The molecule has 8 heteroatoms. The molecular weight excluding hydrogens is 437 g/mol. The first kappa shape index (κ1) is 18.2. The second kappa shape index (κ2) is 7.32. The molecule has 1 atom stereocenters. The van der Waals surface area contributed by atoms with E-state index < -0.39 is 16.1 Å². The van der Waals surface area contributed by atoms with Crippen molar-refractivity contribution >= 4 is 49.2 Å². The maximum Gasteiger partial charge on any atom is 0.243 e. The van der Waals surface area contributed by atoms with Crippen molar-refractivity contribution in [1.82, 2.24) is 4.31 Å². The molecule has 1 aliphatic rings. The largest absolute Gasteiger partial charge is 0.371 e. The minimum Gasteiger partial charge on any atom is -0.371 e. The van der Waals surface area contributed by atoms with Gasteiger partial charge in [-0.25, -0.2) is 8.42 Å². The average molecular weight is 451 g/mol. The van der Waals surface area contributed by atoms with E-state index in [0.717, 1.165) is 10.0 Å². The maximum atomic E-state index is 12.8. The molecule has 4 nitrogen and oxygen atoms in total. The van der Waals surface area contributed by atoms with Gasteiger partial charge in [-0.15, -0.1) is 0 Å². The molecule has 128 valence electrons. The van der Waals surface area contributed by atoms with E-state index in [0.29, 0.717) is 23.2 Å². The molecule has 1 unspecified atom stereocenters. The Bertz CT molecular complexity index is 823. The van der Waals surface area contributed by atoms with Crippen molar-refractivity contribution in [2.45, 2.75) is 11.0 Å². The molecule has 24 heavy (non-hydrogen) atoms. The highest BCUT2D eigenvalue weighted by atomic mass is 79.9. The van der Waals surface area contributed by atoms with Crippen LogP contribution in [0.3, 0.4) is 0 Å². The summed E-state index contributed by atoms with van der Waals surface area (Å²) < 4.78 is 33.6. The van der Waals surface area contributed by atoms with Crippen LogP contribution in [0.25, 0.3) is 0 Å². The molecule has 0 N–H and O–H groups in total. The summed E-state index contributed by atoms with van der Waals surface area (Å²) in [6.45, 7) is 0.836. The highest BCUT2D eigenvalue weighted by Gasteiger charge is 2.31. The summed E-state index contributed by atoms with van der Waals surface area (Å²) in [6.07, 6.45) is -0.403. The molecule has 2 aromatic rings. The Kier molecular flexibility index (Phi) is 5.54. The van der Waals surface area contributed by atoms with Gasteiger partial charge in [0.15, 0.2) is 0 Å². The van der Waals surface area contributed by atoms with Gasteiger partial charge in [-0.2, -0.15) is 4.31 Å². The minimum atomic E-state index is -3.57. The van der Waals surface area contributed by atoms with Crippen molar-refractivity contribution in [3.05, 3.63) is 62.5 Å². The van der Waals surface area contributed by atoms with Crippen LogP contribution < -0.4 is 0 Å². The van der Waals surface area contributed by atoms with Crippen molar-refractivity contribution in [3.8, 4) is 0 Å². The molecule has 0 amide bonds. The van der Waals surface area contributed by atoms with Gasteiger partial charge in [0.25, 0.3) is 0 Å². The van der Waals surface area contributed by atoms with Crippen molar-refractivity contribution < 1.29 is 13.2 Å². The monoisotopic (exact) mass is 449 g/mol. The molecule has 1 heterocycles. The smallest absolute Gasteiger partial charge is 0.243 e. The number of hydrogen-bond acceptors (Lipinski definition) is 3. The number of benzene rings is 2. The van der Waals surface area contributed by atoms with Crippen molar-refractivity contribution in [2.75, 3.05) is 19.7 Å². The quantitative estimate of drug-likeness (QED) is 0.690. The van der Waals surface area contributed by atoms with E-state index in [1.807, 2.05) is 0 Å². The Balaban J connectivity index is 1.86. The molecule has 1 saturated heterocycles. The van der Waals surface area contributed by atoms with Crippen LogP contribution in [-0.4, -0.2) is 32.4 Å². The Labute approximate surface area is 159 Å². The zero-order valence-corrected chi connectivity index (χ0v) is 16.4. The fourth-order valence-electron chi connectivity index (χ4n) is 2.56. The third-order valence-corrected chi connectivity index (χ3v) is 6.58. The lowest BCUT2D eigenvalue weighted by Gasteiger charge is -2.32. The maximum absolute atomic E-state index is 12.8. The Morgan fingerprint density at radius 3 is 2.33 bits per heavy atom. The molecule has 0 aromatic heterocycles. The molecule has 1 fully saturated rings. The molecule has 1 aliphatic heterocycles. The summed E-state index contributed by atoms with van der Waals surface area (Å²) in [6, 6.07) is 11.7. The Morgan fingerprint density at radius 1 is 1.08 bits per heavy atom. The summed E-state index contributed by atoms with van der Waals surface area (Å²) in [5.41, 5.74) is 0.767. The number of nitrogens with zero attached hydrogens (tertiary/aromatic N) is 1. The average Bonchev–Trinajstić information content (AvgIpc) is 2.54. The number of morpholine rings is 1. The summed E-state index contributed by atoms with van der Waals surface area (Å²) in [7, 11) is -3.57. The first-order valence-electron chi connectivity index (χ1n) is 7.19. The number of halogens is 3. The third kappa shape index (κ3) is 3.95. The Morgan fingerprint density at radius 2 is 1.71 bits per heavy atom.